The Hall–Kier alpha value is -3.04. The molecular formula is C19H21F2N3O5. The molecule has 1 aromatic carbocycles. The van der Waals surface area contributed by atoms with Crippen LogP contribution in [0.5, 0.6) is 0 Å². The summed E-state index contributed by atoms with van der Waals surface area (Å²) in [5.74, 6) is -4.42. The fourth-order valence-corrected chi connectivity index (χ4v) is 3.73. The molecule has 1 spiro atoms. The van der Waals surface area contributed by atoms with Gasteiger partial charge in [0.25, 0.3) is 11.8 Å². The highest BCUT2D eigenvalue weighted by Gasteiger charge is 2.55. The lowest BCUT2D eigenvalue weighted by atomic mass is 9.73. The zero-order chi connectivity index (χ0) is 21.2. The van der Waals surface area contributed by atoms with Gasteiger partial charge in [-0.3, -0.25) is 19.3 Å². The summed E-state index contributed by atoms with van der Waals surface area (Å²) in [5, 5.41) is 4.96. The number of urea groups is 1. The van der Waals surface area contributed by atoms with Gasteiger partial charge in [0.2, 0.25) is 0 Å². The molecule has 156 valence electrons. The predicted molar refractivity (Wildman–Crippen MR) is 96.6 cm³/mol. The van der Waals surface area contributed by atoms with Crippen molar-refractivity contribution in [2.24, 2.45) is 5.92 Å². The normalized spacial score (nSPS) is 23.8. The van der Waals surface area contributed by atoms with Gasteiger partial charge >= 0.3 is 12.0 Å². The molecule has 29 heavy (non-hydrogen) atoms. The largest absolute Gasteiger partial charge is 0.454 e. The Morgan fingerprint density at radius 2 is 2.03 bits per heavy atom. The minimum atomic E-state index is -1.13. The summed E-state index contributed by atoms with van der Waals surface area (Å²) < 4.78 is 30.8. The molecule has 0 radical (unpaired) electrons. The third kappa shape index (κ3) is 4.20. The number of carbonyl (C=O) groups excluding carboxylic acids is 4. The van der Waals surface area contributed by atoms with Crippen LogP contribution in [-0.2, 0) is 19.1 Å². The van der Waals surface area contributed by atoms with Crippen molar-refractivity contribution in [1.82, 2.24) is 10.2 Å². The zero-order valence-corrected chi connectivity index (χ0v) is 15.8. The number of benzene rings is 1. The average Bonchev–Trinajstić information content (AvgIpc) is 2.90. The van der Waals surface area contributed by atoms with Gasteiger partial charge < -0.3 is 15.4 Å². The maximum atomic E-state index is 13.1. The quantitative estimate of drug-likeness (QED) is 0.571. The van der Waals surface area contributed by atoms with Crippen LogP contribution in [0.15, 0.2) is 18.2 Å². The van der Waals surface area contributed by atoms with E-state index in [0.29, 0.717) is 6.42 Å². The lowest BCUT2D eigenvalue weighted by molar-refractivity contribution is -0.150. The number of rotatable bonds is 5. The molecule has 0 unspecified atom stereocenters. The molecule has 1 saturated carbocycles. The molecule has 1 aromatic rings. The van der Waals surface area contributed by atoms with Crippen molar-refractivity contribution in [3.05, 3.63) is 29.8 Å². The summed E-state index contributed by atoms with van der Waals surface area (Å²) in [7, 11) is 0. The number of carbonyl (C=O) groups is 4. The number of nitrogens with zero attached hydrogens (tertiary/aromatic N) is 1. The van der Waals surface area contributed by atoms with Crippen molar-refractivity contribution >= 4 is 29.5 Å². The van der Waals surface area contributed by atoms with Crippen molar-refractivity contribution in [1.29, 1.82) is 0 Å². The smallest absolute Gasteiger partial charge is 0.326 e. The third-order valence-electron chi connectivity index (χ3n) is 5.36. The molecule has 1 aliphatic heterocycles. The second-order valence-corrected chi connectivity index (χ2v) is 7.28. The minimum absolute atomic E-state index is 0.00715. The summed E-state index contributed by atoms with van der Waals surface area (Å²) in [6, 6.07) is 2.12. The van der Waals surface area contributed by atoms with Crippen LogP contribution in [0.1, 0.15) is 32.6 Å². The molecule has 2 atom stereocenters. The Morgan fingerprint density at radius 1 is 1.28 bits per heavy atom. The van der Waals surface area contributed by atoms with Gasteiger partial charge in [0.05, 0.1) is 0 Å². The first kappa shape index (κ1) is 20.7. The molecule has 1 aliphatic carbocycles. The topological polar surface area (TPSA) is 105 Å². The monoisotopic (exact) mass is 409 g/mol. The van der Waals surface area contributed by atoms with Gasteiger partial charge in [0, 0.05) is 11.8 Å². The van der Waals surface area contributed by atoms with Crippen molar-refractivity contribution in [2.45, 2.75) is 38.1 Å². The van der Waals surface area contributed by atoms with Gasteiger partial charge in [0.15, 0.2) is 18.2 Å². The van der Waals surface area contributed by atoms with Crippen LogP contribution >= 0.6 is 0 Å². The molecule has 8 nitrogen and oxygen atoms in total. The van der Waals surface area contributed by atoms with Crippen LogP contribution in [0.3, 0.4) is 0 Å². The second kappa shape index (κ2) is 8.14. The van der Waals surface area contributed by atoms with Crippen LogP contribution in [0.25, 0.3) is 0 Å². The van der Waals surface area contributed by atoms with Gasteiger partial charge in [-0.05, 0) is 30.9 Å². The third-order valence-corrected chi connectivity index (χ3v) is 5.36. The molecule has 0 aromatic heterocycles. The predicted octanol–water partition coefficient (Wildman–Crippen LogP) is 1.95. The molecule has 2 aliphatic rings. The van der Waals surface area contributed by atoms with Gasteiger partial charge in [-0.1, -0.05) is 19.8 Å². The summed E-state index contributed by atoms with van der Waals surface area (Å²) in [6.45, 7) is 0.572. The summed E-state index contributed by atoms with van der Waals surface area (Å²) >= 11 is 0. The number of imide groups is 1. The highest BCUT2D eigenvalue weighted by Crippen LogP contribution is 2.38. The Balaban J connectivity index is 1.52. The van der Waals surface area contributed by atoms with Gasteiger partial charge in [0.1, 0.15) is 12.1 Å². The van der Waals surface area contributed by atoms with E-state index in [4.69, 9.17) is 4.74 Å². The Labute approximate surface area is 165 Å². The number of anilines is 1. The number of ether oxygens (including phenoxy) is 1. The number of nitrogens with one attached hydrogen (secondary N) is 2. The van der Waals surface area contributed by atoms with Crippen LogP contribution in [0, 0.1) is 17.6 Å². The molecule has 1 heterocycles. The highest BCUT2D eigenvalue weighted by atomic mass is 19.2. The number of hydrogen-bond donors (Lipinski definition) is 2. The summed E-state index contributed by atoms with van der Waals surface area (Å²) in [4.78, 5) is 49.6. The van der Waals surface area contributed by atoms with Gasteiger partial charge in [-0.15, -0.1) is 0 Å². The maximum Gasteiger partial charge on any atom is 0.326 e. The van der Waals surface area contributed by atoms with Gasteiger partial charge in [-0.25, -0.2) is 13.6 Å². The molecule has 3 rings (SSSR count). The fraction of sp³-hybridized carbons (Fsp3) is 0.474. The highest BCUT2D eigenvalue weighted by molar-refractivity contribution is 6.09. The van der Waals surface area contributed by atoms with Crippen LogP contribution in [-0.4, -0.2) is 47.4 Å². The first-order chi connectivity index (χ1) is 13.7. The first-order valence-corrected chi connectivity index (χ1v) is 9.27. The maximum absolute atomic E-state index is 13.1. The number of hydrogen-bond acceptors (Lipinski definition) is 5. The zero-order valence-electron chi connectivity index (χ0n) is 15.8. The number of amides is 4. The van der Waals surface area contributed by atoms with E-state index in [2.05, 4.69) is 10.6 Å². The van der Waals surface area contributed by atoms with Crippen LogP contribution < -0.4 is 10.6 Å². The van der Waals surface area contributed by atoms with Gasteiger partial charge in [-0.2, -0.15) is 0 Å². The SMILES string of the molecule is C[C@@H]1CCCC[C@]12NC(=O)N(CC(=O)OCC(=O)Nc1ccc(F)c(F)c1)C2=O. The molecule has 0 bridgehead atoms. The van der Waals surface area contributed by atoms with E-state index in [1.54, 1.807) is 0 Å². The van der Waals surface area contributed by atoms with Crippen LogP contribution in [0.2, 0.25) is 0 Å². The number of esters is 1. The Bertz CT molecular complexity index is 862. The van der Waals surface area contributed by atoms with E-state index >= 15 is 0 Å². The lowest BCUT2D eigenvalue weighted by Gasteiger charge is -2.36. The van der Waals surface area contributed by atoms with Crippen molar-refractivity contribution in [3.8, 4) is 0 Å². The minimum Gasteiger partial charge on any atom is -0.454 e. The van der Waals surface area contributed by atoms with E-state index in [1.165, 1.54) is 0 Å². The second-order valence-electron chi connectivity index (χ2n) is 7.28. The van der Waals surface area contributed by atoms with Crippen molar-refractivity contribution in [3.63, 3.8) is 0 Å². The molecule has 1 saturated heterocycles. The van der Waals surface area contributed by atoms with E-state index < -0.39 is 54.1 Å². The first-order valence-electron chi connectivity index (χ1n) is 9.27. The molecule has 2 N–H and O–H groups in total. The Kier molecular flexibility index (Phi) is 5.81. The lowest BCUT2D eigenvalue weighted by Crippen LogP contribution is -2.54. The molecular weight excluding hydrogens is 388 g/mol. The van der Waals surface area contributed by atoms with E-state index in [1.807, 2.05) is 6.92 Å². The average molecular weight is 409 g/mol. The van der Waals surface area contributed by atoms with Crippen molar-refractivity contribution < 1.29 is 32.7 Å². The number of halogens is 2. The molecule has 10 heteroatoms. The fourth-order valence-electron chi connectivity index (χ4n) is 3.73. The summed E-state index contributed by atoms with van der Waals surface area (Å²) in [5.41, 5.74) is -0.994. The summed E-state index contributed by atoms with van der Waals surface area (Å²) in [6.07, 6.45) is 3.09. The Morgan fingerprint density at radius 3 is 2.72 bits per heavy atom. The molecule has 2 fully saturated rings. The van der Waals surface area contributed by atoms with Crippen LogP contribution in [0.4, 0.5) is 19.3 Å². The van der Waals surface area contributed by atoms with Crippen molar-refractivity contribution in [2.75, 3.05) is 18.5 Å². The standard InChI is InChI=1S/C19H21F2N3O5/c1-11-4-2-3-7-19(11)17(27)24(18(28)23-19)9-16(26)29-10-15(25)22-12-5-6-13(20)14(21)8-12/h5-6,8,11H,2-4,7,9-10H2,1H3,(H,22,25)(H,23,28)/t11-,19+/m1/s1. The molecule has 4 amide bonds. The van der Waals surface area contributed by atoms with E-state index in [0.717, 1.165) is 42.4 Å². The van der Waals surface area contributed by atoms with E-state index in [-0.39, 0.29) is 11.6 Å². The van der Waals surface area contributed by atoms with E-state index in [9.17, 15) is 28.0 Å².